The van der Waals surface area contributed by atoms with E-state index >= 15 is 0 Å². The molecule has 3 aromatic carbocycles. The van der Waals surface area contributed by atoms with E-state index in [-0.39, 0.29) is 18.0 Å². The van der Waals surface area contributed by atoms with E-state index in [0.717, 1.165) is 40.8 Å². The summed E-state index contributed by atoms with van der Waals surface area (Å²) < 4.78 is 39.9. The molecule has 4 nitrogen and oxygen atoms in total. The summed E-state index contributed by atoms with van der Waals surface area (Å²) in [5.41, 5.74) is 5.35. The van der Waals surface area contributed by atoms with Crippen molar-refractivity contribution < 1.29 is 18.0 Å². The number of carbonyl (C=O) groups excluding carboxylic acids is 1. The lowest BCUT2D eigenvalue weighted by atomic mass is 9.99. The zero-order valence-electron chi connectivity index (χ0n) is 17.2. The molecule has 0 atom stereocenters. The van der Waals surface area contributed by atoms with Crippen molar-refractivity contribution in [1.82, 2.24) is 4.98 Å². The molecule has 4 aromatic rings. The minimum Gasteiger partial charge on any atom is -0.280 e. The SMILES string of the molecule is O=C1Cc2cnc3ccc(-c4ccc5c(c4)N=CC5)cc3c2N1c1cccc(C(F)(F)F)c1. The first-order chi connectivity index (χ1) is 15.9. The fourth-order valence-electron chi connectivity index (χ4n) is 4.53. The number of nitrogens with zero attached hydrogens (tertiary/aromatic N) is 3. The molecule has 3 heterocycles. The van der Waals surface area contributed by atoms with Crippen LogP contribution < -0.4 is 4.90 Å². The predicted octanol–water partition coefficient (Wildman–Crippen LogP) is 6.40. The average Bonchev–Trinajstić information content (AvgIpc) is 3.41. The topological polar surface area (TPSA) is 45.6 Å². The van der Waals surface area contributed by atoms with Gasteiger partial charge in [-0.05, 0) is 53.1 Å². The monoisotopic (exact) mass is 443 g/mol. The summed E-state index contributed by atoms with van der Waals surface area (Å²) in [5, 5.41) is 0.720. The van der Waals surface area contributed by atoms with Crippen molar-refractivity contribution in [3.8, 4) is 11.1 Å². The highest BCUT2D eigenvalue weighted by Crippen LogP contribution is 2.43. The maximum atomic E-state index is 13.3. The minimum absolute atomic E-state index is 0.0896. The Hall–Kier alpha value is -4.00. The van der Waals surface area contributed by atoms with E-state index in [9.17, 15) is 18.0 Å². The van der Waals surface area contributed by atoms with Gasteiger partial charge in [-0.15, -0.1) is 0 Å². The fraction of sp³-hybridized carbons (Fsp3) is 0.115. The highest BCUT2D eigenvalue weighted by Gasteiger charge is 2.34. The lowest BCUT2D eigenvalue weighted by molar-refractivity contribution is -0.137. The summed E-state index contributed by atoms with van der Waals surface area (Å²) in [7, 11) is 0. The molecule has 0 saturated heterocycles. The first-order valence-electron chi connectivity index (χ1n) is 10.5. The number of fused-ring (bicyclic) bond motifs is 4. The Kier molecular flexibility index (Phi) is 4.17. The molecule has 0 unspecified atom stereocenters. The lowest BCUT2D eigenvalue weighted by Crippen LogP contribution is -2.21. The number of hydrogen-bond donors (Lipinski definition) is 0. The molecule has 0 bridgehead atoms. The van der Waals surface area contributed by atoms with Gasteiger partial charge >= 0.3 is 6.18 Å². The van der Waals surface area contributed by atoms with Crippen molar-refractivity contribution in [2.75, 3.05) is 4.90 Å². The molecule has 2 aliphatic rings. The Labute approximate surface area is 187 Å². The van der Waals surface area contributed by atoms with Gasteiger partial charge in [-0.25, -0.2) is 0 Å². The Bertz CT molecular complexity index is 1490. The second-order valence-corrected chi connectivity index (χ2v) is 8.18. The van der Waals surface area contributed by atoms with E-state index in [4.69, 9.17) is 0 Å². The lowest BCUT2D eigenvalue weighted by Gasteiger charge is -2.21. The van der Waals surface area contributed by atoms with E-state index in [2.05, 4.69) is 9.98 Å². The summed E-state index contributed by atoms with van der Waals surface area (Å²) in [6.07, 6.45) is -0.0760. The van der Waals surface area contributed by atoms with E-state index < -0.39 is 11.7 Å². The molecule has 1 amide bonds. The number of aliphatic imine (C=N–C) groups is 1. The number of halogens is 3. The molecule has 0 saturated carbocycles. The van der Waals surface area contributed by atoms with Gasteiger partial charge in [0.05, 0.1) is 28.9 Å². The summed E-state index contributed by atoms with van der Waals surface area (Å²) in [5.74, 6) is -0.282. The average molecular weight is 443 g/mol. The quantitative estimate of drug-likeness (QED) is 0.360. The third-order valence-electron chi connectivity index (χ3n) is 6.12. The third-order valence-corrected chi connectivity index (χ3v) is 6.12. The number of pyridine rings is 1. The maximum Gasteiger partial charge on any atom is 0.416 e. The predicted molar refractivity (Wildman–Crippen MR) is 121 cm³/mol. The molecule has 2 aliphatic heterocycles. The normalized spacial score (nSPS) is 14.8. The smallest absolute Gasteiger partial charge is 0.280 e. The van der Waals surface area contributed by atoms with Gasteiger partial charge in [0.25, 0.3) is 0 Å². The van der Waals surface area contributed by atoms with Gasteiger partial charge in [-0.2, -0.15) is 13.2 Å². The molecule has 0 N–H and O–H groups in total. The number of rotatable bonds is 2. The summed E-state index contributed by atoms with van der Waals surface area (Å²) >= 11 is 0. The summed E-state index contributed by atoms with van der Waals surface area (Å²) in [6, 6.07) is 16.7. The molecule has 33 heavy (non-hydrogen) atoms. The number of aromatic nitrogens is 1. The Morgan fingerprint density at radius 3 is 2.58 bits per heavy atom. The molecule has 1 aromatic heterocycles. The van der Waals surface area contributed by atoms with Crippen molar-refractivity contribution in [3.05, 3.63) is 83.6 Å². The van der Waals surface area contributed by atoms with Gasteiger partial charge in [-0.1, -0.05) is 24.3 Å². The zero-order valence-corrected chi connectivity index (χ0v) is 17.2. The van der Waals surface area contributed by atoms with Crippen LogP contribution in [0.3, 0.4) is 0 Å². The van der Waals surface area contributed by atoms with Crippen LogP contribution in [0.4, 0.5) is 30.2 Å². The van der Waals surface area contributed by atoms with Crippen molar-refractivity contribution in [2.45, 2.75) is 19.0 Å². The maximum absolute atomic E-state index is 13.3. The summed E-state index contributed by atoms with van der Waals surface area (Å²) in [4.78, 5) is 23.2. The first kappa shape index (κ1) is 19.7. The van der Waals surface area contributed by atoms with Crippen molar-refractivity contribution in [1.29, 1.82) is 0 Å². The van der Waals surface area contributed by atoms with Gasteiger partial charge in [0.15, 0.2) is 0 Å². The molecule has 7 heteroatoms. The van der Waals surface area contributed by atoms with Gasteiger partial charge in [0.1, 0.15) is 0 Å². The van der Waals surface area contributed by atoms with Crippen LogP contribution in [0.25, 0.3) is 22.0 Å². The van der Waals surface area contributed by atoms with E-state index in [0.29, 0.717) is 16.8 Å². The molecule has 0 radical (unpaired) electrons. The molecule has 0 spiro atoms. The molecule has 6 rings (SSSR count). The number of carbonyl (C=O) groups is 1. The number of hydrogen-bond acceptors (Lipinski definition) is 3. The number of amides is 1. The van der Waals surface area contributed by atoms with Crippen molar-refractivity contribution in [3.63, 3.8) is 0 Å². The summed E-state index contributed by atoms with van der Waals surface area (Å²) in [6.45, 7) is 0. The van der Waals surface area contributed by atoms with E-state index in [1.807, 2.05) is 42.6 Å². The van der Waals surface area contributed by atoms with Crippen molar-refractivity contribution >= 4 is 40.1 Å². The van der Waals surface area contributed by atoms with Crippen LogP contribution in [0.15, 0.2) is 71.9 Å². The Balaban J connectivity index is 1.52. The molecule has 0 fully saturated rings. The Morgan fingerprint density at radius 2 is 1.73 bits per heavy atom. The molecular formula is C26H16F3N3O. The second-order valence-electron chi connectivity index (χ2n) is 8.18. The van der Waals surface area contributed by atoms with E-state index in [1.54, 1.807) is 6.20 Å². The molecule has 0 aliphatic carbocycles. The van der Waals surface area contributed by atoms with Crippen LogP contribution >= 0.6 is 0 Å². The van der Waals surface area contributed by atoms with Crippen LogP contribution in [-0.2, 0) is 23.8 Å². The van der Waals surface area contributed by atoms with Gasteiger partial charge in [-0.3, -0.25) is 19.7 Å². The molecular weight excluding hydrogens is 427 g/mol. The highest BCUT2D eigenvalue weighted by molar-refractivity contribution is 6.14. The second kappa shape index (κ2) is 7.00. The highest BCUT2D eigenvalue weighted by atomic mass is 19.4. The molecule has 162 valence electrons. The largest absolute Gasteiger partial charge is 0.416 e. The van der Waals surface area contributed by atoms with Gasteiger partial charge in [0, 0.05) is 35.5 Å². The Morgan fingerprint density at radius 1 is 0.909 bits per heavy atom. The first-order valence-corrected chi connectivity index (χ1v) is 10.5. The standard InChI is InChI=1S/C26H16F3N3O/c27-26(28,29)19-2-1-3-20(13-19)32-24(33)12-18-14-31-22-7-6-16(10-21(22)25(18)32)17-5-4-15-8-9-30-23(15)11-17/h1-7,9-11,13-14H,8,12H2. The van der Waals surface area contributed by atoms with Crippen LogP contribution in [0.2, 0.25) is 0 Å². The van der Waals surface area contributed by atoms with Gasteiger partial charge < -0.3 is 0 Å². The van der Waals surface area contributed by atoms with Crippen LogP contribution in [0, 0.1) is 0 Å². The number of alkyl halides is 3. The van der Waals surface area contributed by atoms with Crippen LogP contribution in [0.5, 0.6) is 0 Å². The van der Waals surface area contributed by atoms with Crippen LogP contribution in [-0.4, -0.2) is 17.1 Å². The van der Waals surface area contributed by atoms with Crippen LogP contribution in [0.1, 0.15) is 16.7 Å². The fourth-order valence-corrected chi connectivity index (χ4v) is 4.53. The van der Waals surface area contributed by atoms with Crippen molar-refractivity contribution in [2.24, 2.45) is 4.99 Å². The van der Waals surface area contributed by atoms with Gasteiger partial charge in [0.2, 0.25) is 5.91 Å². The zero-order chi connectivity index (χ0) is 22.7. The number of benzene rings is 3. The minimum atomic E-state index is -4.49. The third kappa shape index (κ3) is 3.19. The number of anilines is 2. The van der Waals surface area contributed by atoms with E-state index in [1.165, 1.54) is 22.6 Å².